The third kappa shape index (κ3) is 3.75. The summed E-state index contributed by atoms with van der Waals surface area (Å²) in [6.07, 6.45) is 0. The van der Waals surface area contributed by atoms with Crippen LogP contribution in [-0.4, -0.2) is 16.1 Å². The zero-order valence-electron chi connectivity index (χ0n) is 12.0. The van der Waals surface area contributed by atoms with Crippen LogP contribution in [-0.2, 0) is 11.3 Å². The molecule has 0 aliphatic heterocycles. The monoisotopic (exact) mass is 350 g/mol. The van der Waals surface area contributed by atoms with Gasteiger partial charge in [0.2, 0.25) is 5.82 Å². The molecule has 0 fully saturated rings. The molecule has 8 heteroatoms. The summed E-state index contributed by atoms with van der Waals surface area (Å²) in [5, 5.41) is 4.32. The van der Waals surface area contributed by atoms with Crippen LogP contribution < -0.4 is 0 Å². The smallest absolute Gasteiger partial charge is 0.338 e. The van der Waals surface area contributed by atoms with Gasteiger partial charge in [-0.05, 0) is 36.4 Å². The van der Waals surface area contributed by atoms with E-state index in [1.54, 1.807) is 24.3 Å². The molecule has 0 atom stereocenters. The van der Waals surface area contributed by atoms with Gasteiger partial charge in [0.15, 0.2) is 6.61 Å². The van der Waals surface area contributed by atoms with Crippen LogP contribution in [0.15, 0.2) is 47.0 Å². The van der Waals surface area contributed by atoms with Crippen molar-refractivity contribution in [1.29, 1.82) is 0 Å². The quantitative estimate of drug-likeness (QED) is 0.665. The summed E-state index contributed by atoms with van der Waals surface area (Å²) in [4.78, 5) is 15.8. The summed E-state index contributed by atoms with van der Waals surface area (Å²) in [5.74, 6) is -2.30. The molecular weight excluding hydrogens is 342 g/mol. The summed E-state index contributed by atoms with van der Waals surface area (Å²) in [7, 11) is 0. The topological polar surface area (TPSA) is 65.2 Å². The number of hydrogen-bond acceptors (Lipinski definition) is 5. The standard InChI is InChI=1S/C16H9ClF2N2O3/c17-11-3-1-9(2-4-11)15-20-14(24-21-15)8-23-16(22)10-5-12(18)7-13(19)6-10/h1-7H,8H2. The van der Waals surface area contributed by atoms with E-state index in [4.69, 9.17) is 20.9 Å². The molecule has 0 saturated heterocycles. The van der Waals surface area contributed by atoms with Crippen molar-refractivity contribution in [2.24, 2.45) is 0 Å². The lowest BCUT2D eigenvalue weighted by atomic mass is 10.2. The number of esters is 1. The van der Waals surface area contributed by atoms with Gasteiger partial charge in [-0.2, -0.15) is 4.98 Å². The van der Waals surface area contributed by atoms with Crippen LogP contribution in [0.1, 0.15) is 16.2 Å². The van der Waals surface area contributed by atoms with Crippen LogP contribution in [0.2, 0.25) is 5.02 Å². The predicted molar refractivity (Wildman–Crippen MR) is 80.2 cm³/mol. The Morgan fingerprint density at radius 1 is 1.12 bits per heavy atom. The molecule has 1 aromatic heterocycles. The molecule has 122 valence electrons. The van der Waals surface area contributed by atoms with E-state index in [-0.39, 0.29) is 18.1 Å². The summed E-state index contributed by atoms with van der Waals surface area (Å²) in [6, 6.07) is 9.16. The van der Waals surface area contributed by atoms with E-state index in [1.807, 2.05) is 0 Å². The van der Waals surface area contributed by atoms with Gasteiger partial charge in [0.05, 0.1) is 5.56 Å². The zero-order valence-corrected chi connectivity index (χ0v) is 12.8. The van der Waals surface area contributed by atoms with Gasteiger partial charge in [0.1, 0.15) is 11.6 Å². The summed E-state index contributed by atoms with van der Waals surface area (Å²) < 4.78 is 36.0. The van der Waals surface area contributed by atoms with Gasteiger partial charge < -0.3 is 9.26 Å². The van der Waals surface area contributed by atoms with Crippen molar-refractivity contribution >= 4 is 17.6 Å². The minimum atomic E-state index is -0.903. The van der Waals surface area contributed by atoms with Crippen molar-refractivity contribution in [3.63, 3.8) is 0 Å². The van der Waals surface area contributed by atoms with Gasteiger partial charge in [-0.15, -0.1) is 0 Å². The van der Waals surface area contributed by atoms with Crippen molar-refractivity contribution in [1.82, 2.24) is 10.1 Å². The van der Waals surface area contributed by atoms with Crippen LogP contribution in [0.25, 0.3) is 11.4 Å². The highest BCUT2D eigenvalue weighted by Crippen LogP contribution is 2.19. The molecule has 0 radical (unpaired) electrons. The van der Waals surface area contributed by atoms with Crippen molar-refractivity contribution in [3.8, 4) is 11.4 Å². The van der Waals surface area contributed by atoms with Gasteiger partial charge in [-0.3, -0.25) is 0 Å². The first-order valence-electron chi connectivity index (χ1n) is 6.73. The van der Waals surface area contributed by atoms with Crippen molar-refractivity contribution in [2.45, 2.75) is 6.61 Å². The van der Waals surface area contributed by atoms with E-state index in [0.717, 1.165) is 12.1 Å². The number of ether oxygens (including phenoxy) is 1. The predicted octanol–water partition coefficient (Wildman–Crippen LogP) is 4.03. The maximum atomic E-state index is 13.1. The Hall–Kier alpha value is -2.80. The highest BCUT2D eigenvalue weighted by molar-refractivity contribution is 6.30. The highest BCUT2D eigenvalue weighted by Gasteiger charge is 2.14. The number of carbonyl (C=O) groups is 1. The van der Waals surface area contributed by atoms with Crippen molar-refractivity contribution in [3.05, 3.63) is 70.6 Å². The molecule has 2 aromatic carbocycles. The molecule has 0 aliphatic rings. The lowest BCUT2D eigenvalue weighted by Crippen LogP contribution is -2.06. The highest BCUT2D eigenvalue weighted by atomic mass is 35.5. The van der Waals surface area contributed by atoms with Gasteiger partial charge in [0, 0.05) is 16.7 Å². The van der Waals surface area contributed by atoms with Gasteiger partial charge >= 0.3 is 5.97 Å². The number of carbonyl (C=O) groups excluding carboxylic acids is 1. The van der Waals surface area contributed by atoms with E-state index in [9.17, 15) is 13.6 Å². The maximum absolute atomic E-state index is 13.1. The lowest BCUT2D eigenvalue weighted by Gasteiger charge is -2.02. The molecule has 0 amide bonds. The molecular formula is C16H9ClF2N2O3. The van der Waals surface area contributed by atoms with Gasteiger partial charge in [-0.1, -0.05) is 16.8 Å². The van der Waals surface area contributed by atoms with E-state index in [1.165, 1.54) is 0 Å². The van der Waals surface area contributed by atoms with Crippen molar-refractivity contribution < 1.29 is 22.8 Å². The molecule has 0 N–H and O–H groups in total. The molecule has 0 saturated carbocycles. The number of rotatable bonds is 4. The first-order valence-corrected chi connectivity index (χ1v) is 7.11. The molecule has 0 unspecified atom stereocenters. The molecule has 0 aliphatic carbocycles. The minimum absolute atomic E-state index is 0.0465. The van der Waals surface area contributed by atoms with Crippen LogP contribution in [0.4, 0.5) is 8.78 Å². The second-order valence-corrected chi connectivity index (χ2v) is 5.19. The molecule has 24 heavy (non-hydrogen) atoms. The van der Waals surface area contributed by atoms with E-state index in [2.05, 4.69) is 10.1 Å². The third-order valence-corrected chi connectivity index (χ3v) is 3.25. The Kier molecular flexibility index (Phi) is 4.52. The minimum Gasteiger partial charge on any atom is -0.452 e. The second kappa shape index (κ2) is 6.76. The second-order valence-electron chi connectivity index (χ2n) is 4.75. The average molecular weight is 351 g/mol. The lowest BCUT2D eigenvalue weighted by molar-refractivity contribution is 0.0428. The molecule has 5 nitrogen and oxygen atoms in total. The number of nitrogens with zero attached hydrogens (tertiary/aromatic N) is 2. The Balaban J connectivity index is 1.67. The first kappa shape index (κ1) is 16.1. The Morgan fingerprint density at radius 2 is 1.79 bits per heavy atom. The summed E-state index contributed by atoms with van der Waals surface area (Å²) in [5.41, 5.74) is 0.429. The van der Waals surface area contributed by atoms with Gasteiger partial charge in [-0.25, -0.2) is 13.6 Å². The zero-order chi connectivity index (χ0) is 17.1. The average Bonchev–Trinajstić information content (AvgIpc) is 3.01. The Bertz CT molecular complexity index is 861. The number of benzene rings is 2. The number of hydrogen-bond donors (Lipinski definition) is 0. The molecule has 1 heterocycles. The Morgan fingerprint density at radius 3 is 2.46 bits per heavy atom. The fourth-order valence-corrected chi connectivity index (χ4v) is 2.04. The van der Waals surface area contributed by atoms with Crippen LogP contribution in [0.5, 0.6) is 0 Å². The largest absolute Gasteiger partial charge is 0.452 e. The first-order chi connectivity index (χ1) is 11.5. The van der Waals surface area contributed by atoms with E-state index in [0.29, 0.717) is 22.5 Å². The Labute approximate surface area is 139 Å². The van der Waals surface area contributed by atoms with Crippen LogP contribution >= 0.6 is 11.6 Å². The van der Waals surface area contributed by atoms with Crippen LogP contribution in [0.3, 0.4) is 0 Å². The fourth-order valence-electron chi connectivity index (χ4n) is 1.91. The number of aromatic nitrogens is 2. The SMILES string of the molecule is O=C(OCc1nc(-c2ccc(Cl)cc2)no1)c1cc(F)cc(F)c1. The summed E-state index contributed by atoms with van der Waals surface area (Å²) >= 11 is 5.79. The molecule has 0 spiro atoms. The molecule has 0 bridgehead atoms. The van der Waals surface area contributed by atoms with E-state index >= 15 is 0 Å². The number of halogens is 3. The van der Waals surface area contributed by atoms with E-state index < -0.39 is 17.6 Å². The normalized spacial score (nSPS) is 10.6. The maximum Gasteiger partial charge on any atom is 0.338 e. The molecule has 3 aromatic rings. The van der Waals surface area contributed by atoms with Gasteiger partial charge in [0.25, 0.3) is 5.89 Å². The third-order valence-electron chi connectivity index (χ3n) is 3.00. The fraction of sp³-hybridized carbons (Fsp3) is 0.0625. The summed E-state index contributed by atoms with van der Waals surface area (Å²) in [6.45, 7) is -0.322. The van der Waals surface area contributed by atoms with Crippen LogP contribution in [0, 0.1) is 11.6 Å². The van der Waals surface area contributed by atoms with Crippen molar-refractivity contribution in [2.75, 3.05) is 0 Å². The molecule has 3 rings (SSSR count).